The van der Waals surface area contributed by atoms with E-state index in [2.05, 4.69) is 10.2 Å². The van der Waals surface area contributed by atoms with E-state index in [-0.39, 0.29) is 11.6 Å². The van der Waals surface area contributed by atoms with Gasteiger partial charge in [-0.25, -0.2) is 4.39 Å². The van der Waals surface area contributed by atoms with Crippen LogP contribution < -0.4 is 5.32 Å². The Hall–Kier alpha value is -0.880. The first-order valence-electron chi connectivity index (χ1n) is 6.33. The molecule has 2 rings (SSSR count). The average Bonchev–Trinajstić information content (AvgIpc) is 2.42. The molecule has 0 amide bonds. The second-order valence-corrected chi connectivity index (χ2v) is 4.96. The van der Waals surface area contributed by atoms with Crippen molar-refractivity contribution in [3.05, 3.63) is 29.0 Å². The summed E-state index contributed by atoms with van der Waals surface area (Å²) in [7, 11) is 0. The van der Waals surface area contributed by atoms with Gasteiger partial charge >= 0.3 is 0 Å². The Morgan fingerprint density at radius 2 is 2.16 bits per heavy atom. The van der Waals surface area contributed by atoms with Gasteiger partial charge < -0.3 is 15.2 Å². The van der Waals surface area contributed by atoms with Crippen molar-refractivity contribution in [2.45, 2.75) is 6.10 Å². The fraction of sp³-hybridized carbons (Fsp3) is 0.538. The second-order valence-electron chi connectivity index (χ2n) is 4.55. The number of aliphatic hydroxyl groups is 1. The molecule has 19 heavy (non-hydrogen) atoms. The molecule has 1 aliphatic heterocycles. The van der Waals surface area contributed by atoms with E-state index in [1.165, 1.54) is 6.07 Å². The summed E-state index contributed by atoms with van der Waals surface area (Å²) in [5.41, 5.74) is 0.313. The normalized spacial score (nSPS) is 18.3. The van der Waals surface area contributed by atoms with Gasteiger partial charge in [0.2, 0.25) is 0 Å². The van der Waals surface area contributed by atoms with E-state index in [1.807, 2.05) is 0 Å². The van der Waals surface area contributed by atoms with Crippen LogP contribution >= 0.6 is 11.6 Å². The van der Waals surface area contributed by atoms with Crippen LogP contribution in [-0.2, 0) is 4.74 Å². The van der Waals surface area contributed by atoms with Crippen molar-refractivity contribution in [1.82, 2.24) is 4.90 Å². The standard InChI is InChI=1S/C13H18ClFN2O2/c14-11-2-1-3-12(13(11)15)16-8-10(18)9-17-4-6-19-7-5-17/h1-3,10,16,18H,4-9H2. The minimum absolute atomic E-state index is 0.0765. The number of benzene rings is 1. The number of hydrogen-bond acceptors (Lipinski definition) is 4. The zero-order valence-corrected chi connectivity index (χ0v) is 11.4. The van der Waals surface area contributed by atoms with Gasteiger partial charge in [0.05, 0.1) is 30.0 Å². The summed E-state index contributed by atoms with van der Waals surface area (Å²) < 4.78 is 18.8. The molecule has 2 N–H and O–H groups in total. The Kier molecular flexibility index (Phi) is 5.39. The van der Waals surface area contributed by atoms with Gasteiger partial charge in [0, 0.05) is 26.2 Å². The summed E-state index contributed by atoms with van der Waals surface area (Å²) in [5.74, 6) is -0.484. The van der Waals surface area contributed by atoms with E-state index >= 15 is 0 Å². The second kappa shape index (κ2) is 7.05. The minimum atomic E-state index is -0.559. The van der Waals surface area contributed by atoms with Crippen molar-refractivity contribution in [2.75, 3.05) is 44.7 Å². The van der Waals surface area contributed by atoms with Crippen LogP contribution in [0.3, 0.4) is 0 Å². The Bertz CT molecular complexity index is 414. The average molecular weight is 289 g/mol. The molecule has 1 saturated heterocycles. The lowest BCUT2D eigenvalue weighted by molar-refractivity contribution is 0.0171. The molecule has 1 unspecified atom stereocenters. The lowest BCUT2D eigenvalue weighted by atomic mass is 10.2. The van der Waals surface area contributed by atoms with Gasteiger partial charge in [0.15, 0.2) is 5.82 Å². The molecule has 1 aromatic rings. The van der Waals surface area contributed by atoms with Gasteiger partial charge in [0.1, 0.15) is 0 Å². The Balaban J connectivity index is 1.79. The summed E-state index contributed by atoms with van der Waals surface area (Å²) in [6.07, 6.45) is -0.559. The van der Waals surface area contributed by atoms with Crippen LogP contribution in [0.1, 0.15) is 0 Å². The molecule has 4 nitrogen and oxygen atoms in total. The molecule has 0 radical (unpaired) electrons. The molecular formula is C13H18ClFN2O2. The minimum Gasteiger partial charge on any atom is -0.390 e. The molecule has 1 heterocycles. The van der Waals surface area contributed by atoms with Crippen molar-refractivity contribution in [2.24, 2.45) is 0 Å². The molecule has 1 aliphatic rings. The lowest BCUT2D eigenvalue weighted by Crippen LogP contribution is -2.42. The Morgan fingerprint density at radius 3 is 2.89 bits per heavy atom. The number of nitrogens with one attached hydrogen (secondary N) is 1. The summed E-state index contributed by atoms with van der Waals surface area (Å²) in [4.78, 5) is 2.13. The van der Waals surface area contributed by atoms with Crippen LogP contribution in [0.4, 0.5) is 10.1 Å². The molecule has 0 bridgehead atoms. The topological polar surface area (TPSA) is 44.7 Å². The molecule has 0 aromatic heterocycles. The summed E-state index contributed by atoms with van der Waals surface area (Å²) in [5, 5.41) is 12.9. The lowest BCUT2D eigenvalue weighted by Gasteiger charge is -2.28. The molecule has 0 aliphatic carbocycles. The molecule has 6 heteroatoms. The summed E-state index contributed by atoms with van der Waals surface area (Å²) in [6, 6.07) is 4.76. The van der Waals surface area contributed by atoms with Gasteiger partial charge in [-0.05, 0) is 12.1 Å². The first kappa shape index (κ1) is 14.5. The zero-order valence-electron chi connectivity index (χ0n) is 10.6. The largest absolute Gasteiger partial charge is 0.390 e. The third-order valence-corrected chi connectivity index (χ3v) is 3.34. The van der Waals surface area contributed by atoms with Gasteiger partial charge in [-0.1, -0.05) is 17.7 Å². The quantitative estimate of drug-likeness (QED) is 0.864. The monoisotopic (exact) mass is 288 g/mol. The van der Waals surface area contributed by atoms with E-state index in [0.29, 0.717) is 25.4 Å². The number of hydrogen-bond donors (Lipinski definition) is 2. The number of anilines is 1. The number of β-amino-alcohol motifs (C(OH)–C–C–N with tert-alkyl or cyclic N) is 1. The van der Waals surface area contributed by atoms with Gasteiger partial charge in [-0.3, -0.25) is 4.90 Å². The number of morpholine rings is 1. The summed E-state index contributed by atoms with van der Waals surface area (Å²) in [6.45, 7) is 3.88. The molecular weight excluding hydrogens is 271 g/mol. The Morgan fingerprint density at radius 1 is 1.42 bits per heavy atom. The highest BCUT2D eigenvalue weighted by atomic mass is 35.5. The van der Waals surface area contributed by atoms with Crippen molar-refractivity contribution in [1.29, 1.82) is 0 Å². The van der Waals surface area contributed by atoms with Gasteiger partial charge in [-0.15, -0.1) is 0 Å². The van der Waals surface area contributed by atoms with Crippen molar-refractivity contribution < 1.29 is 14.2 Å². The fourth-order valence-electron chi connectivity index (χ4n) is 2.01. The third kappa shape index (κ3) is 4.31. The Labute approximate surface area is 117 Å². The molecule has 1 aromatic carbocycles. The van der Waals surface area contributed by atoms with Crippen LogP contribution in [-0.4, -0.2) is 55.5 Å². The number of nitrogens with zero attached hydrogens (tertiary/aromatic N) is 1. The molecule has 0 saturated carbocycles. The number of halogens is 2. The van der Waals surface area contributed by atoms with E-state index in [4.69, 9.17) is 16.3 Å². The molecule has 1 fully saturated rings. The van der Waals surface area contributed by atoms with Crippen LogP contribution in [0.25, 0.3) is 0 Å². The maximum atomic E-state index is 13.6. The van der Waals surface area contributed by atoms with E-state index < -0.39 is 11.9 Å². The van der Waals surface area contributed by atoms with Gasteiger partial charge in [-0.2, -0.15) is 0 Å². The van der Waals surface area contributed by atoms with Crippen molar-refractivity contribution >= 4 is 17.3 Å². The molecule has 0 spiro atoms. The van der Waals surface area contributed by atoms with Gasteiger partial charge in [0.25, 0.3) is 0 Å². The number of aliphatic hydroxyl groups excluding tert-OH is 1. The number of ether oxygens (including phenoxy) is 1. The maximum absolute atomic E-state index is 13.6. The van der Waals surface area contributed by atoms with Crippen LogP contribution in [0.2, 0.25) is 5.02 Å². The van der Waals surface area contributed by atoms with Crippen molar-refractivity contribution in [3.63, 3.8) is 0 Å². The predicted octanol–water partition coefficient (Wildman–Crippen LogP) is 1.58. The molecule has 106 valence electrons. The van der Waals surface area contributed by atoms with Crippen LogP contribution in [0.15, 0.2) is 18.2 Å². The maximum Gasteiger partial charge on any atom is 0.164 e. The van der Waals surface area contributed by atoms with Crippen LogP contribution in [0, 0.1) is 5.82 Å². The highest BCUT2D eigenvalue weighted by Crippen LogP contribution is 2.21. The first-order chi connectivity index (χ1) is 9.16. The predicted molar refractivity (Wildman–Crippen MR) is 73.2 cm³/mol. The molecule has 1 atom stereocenters. The highest BCUT2D eigenvalue weighted by molar-refractivity contribution is 6.31. The highest BCUT2D eigenvalue weighted by Gasteiger charge is 2.15. The zero-order chi connectivity index (χ0) is 13.7. The summed E-state index contributed by atoms with van der Waals surface area (Å²) >= 11 is 5.69. The fourth-order valence-corrected chi connectivity index (χ4v) is 2.19. The van der Waals surface area contributed by atoms with E-state index in [0.717, 1.165) is 13.1 Å². The van der Waals surface area contributed by atoms with E-state index in [9.17, 15) is 9.50 Å². The number of rotatable bonds is 5. The van der Waals surface area contributed by atoms with Crippen molar-refractivity contribution in [3.8, 4) is 0 Å². The first-order valence-corrected chi connectivity index (χ1v) is 6.70. The SMILES string of the molecule is OC(CNc1cccc(Cl)c1F)CN1CCOCC1. The third-order valence-electron chi connectivity index (χ3n) is 3.05. The smallest absolute Gasteiger partial charge is 0.164 e. The van der Waals surface area contributed by atoms with E-state index in [1.54, 1.807) is 12.1 Å². The van der Waals surface area contributed by atoms with Crippen LogP contribution in [0.5, 0.6) is 0 Å².